The first kappa shape index (κ1) is 13.9. The van der Waals surface area contributed by atoms with Crippen molar-refractivity contribution in [2.75, 3.05) is 6.54 Å². The topological polar surface area (TPSA) is 137 Å². The molecule has 0 aliphatic carbocycles. The third kappa shape index (κ3) is 7.30. The van der Waals surface area contributed by atoms with E-state index in [0.29, 0.717) is 25.7 Å². The summed E-state index contributed by atoms with van der Waals surface area (Å²) in [7, 11) is 0. The number of alkyl carbamates (subject to hydrolysis) is 1. The molecule has 0 aromatic heterocycles. The lowest BCUT2D eigenvalue weighted by Crippen LogP contribution is -2.36. The first-order chi connectivity index (χ1) is 7.60. The monoisotopic (exact) mass is 230 g/mol. The van der Waals surface area contributed by atoms with Crippen LogP contribution < -0.4 is 16.8 Å². The molecule has 0 radical (unpaired) electrons. The minimum absolute atomic E-state index is 0.0173. The lowest BCUT2D eigenvalue weighted by atomic mass is 10.2. The standard InChI is InChI=1S/C8H14N4O4/c9-7(10)11-3-1-2-6(4-13)12-8(15)16-5-14/h4-6H,1-3H2,(H,12,15)(H4,9,10,11)/t6-/m0/s1. The summed E-state index contributed by atoms with van der Waals surface area (Å²) in [5, 5.41) is 2.18. The Morgan fingerprint density at radius 3 is 2.62 bits per heavy atom. The van der Waals surface area contributed by atoms with Crippen molar-refractivity contribution < 1.29 is 19.1 Å². The predicted molar refractivity (Wildman–Crippen MR) is 55.4 cm³/mol. The van der Waals surface area contributed by atoms with Crippen LogP contribution in [0.5, 0.6) is 0 Å². The van der Waals surface area contributed by atoms with Crippen LogP contribution in [0.2, 0.25) is 0 Å². The molecule has 0 fully saturated rings. The SMILES string of the molecule is NC(N)=NCCC[C@@H](C=O)NC(=O)OC=O. The molecular formula is C8H14N4O4. The molecule has 0 spiro atoms. The number of nitrogens with one attached hydrogen (secondary N) is 1. The summed E-state index contributed by atoms with van der Waals surface area (Å²) in [6.07, 6.45) is 0.451. The van der Waals surface area contributed by atoms with E-state index < -0.39 is 12.1 Å². The second kappa shape index (κ2) is 8.21. The molecule has 0 aromatic rings. The molecule has 1 amide bonds. The Labute approximate surface area is 92.0 Å². The van der Waals surface area contributed by atoms with Crippen LogP contribution in [0.3, 0.4) is 0 Å². The van der Waals surface area contributed by atoms with Crippen LogP contribution in [0.15, 0.2) is 4.99 Å². The van der Waals surface area contributed by atoms with E-state index in [1.54, 1.807) is 0 Å². The maximum absolute atomic E-state index is 10.8. The molecule has 0 unspecified atom stereocenters. The highest BCUT2D eigenvalue weighted by Gasteiger charge is 2.11. The van der Waals surface area contributed by atoms with Crippen LogP contribution in [0, 0.1) is 0 Å². The van der Waals surface area contributed by atoms with Crippen molar-refractivity contribution in [2.45, 2.75) is 18.9 Å². The Balaban J connectivity index is 3.83. The molecule has 8 heteroatoms. The first-order valence-electron chi connectivity index (χ1n) is 4.51. The Bertz CT molecular complexity index is 275. The molecule has 0 saturated carbocycles. The Kier molecular flexibility index (Phi) is 7.12. The van der Waals surface area contributed by atoms with Gasteiger partial charge in [0.15, 0.2) is 5.96 Å². The van der Waals surface area contributed by atoms with Crippen LogP contribution in [-0.2, 0) is 14.3 Å². The number of aldehydes is 1. The highest BCUT2D eigenvalue weighted by Crippen LogP contribution is 1.95. The summed E-state index contributed by atoms with van der Waals surface area (Å²) in [6, 6.07) is -0.721. The van der Waals surface area contributed by atoms with E-state index in [1.807, 2.05) is 0 Å². The maximum atomic E-state index is 10.8. The zero-order valence-electron chi connectivity index (χ0n) is 8.59. The van der Waals surface area contributed by atoms with Gasteiger partial charge in [-0.2, -0.15) is 0 Å². The van der Waals surface area contributed by atoms with Gasteiger partial charge < -0.3 is 26.3 Å². The third-order valence-corrected chi connectivity index (χ3v) is 1.59. The molecule has 0 aliphatic rings. The quantitative estimate of drug-likeness (QED) is 0.160. The number of carbonyl (C=O) groups is 3. The first-order valence-corrected chi connectivity index (χ1v) is 4.51. The number of ether oxygens (including phenoxy) is 1. The van der Waals surface area contributed by atoms with Gasteiger partial charge >= 0.3 is 12.6 Å². The minimum atomic E-state index is -0.964. The highest BCUT2D eigenvalue weighted by molar-refractivity contribution is 5.78. The molecule has 0 rings (SSSR count). The van der Waals surface area contributed by atoms with E-state index in [-0.39, 0.29) is 12.4 Å². The molecular weight excluding hydrogens is 216 g/mol. The fraction of sp³-hybridized carbons (Fsp3) is 0.500. The van der Waals surface area contributed by atoms with E-state index in [0.717, 1.165) is 0 Å². The van der Waals surface area contributed by atoms with Crippen molar-refractivity contribution in [3.63, 3.8) is 0 Å². The summed E-state index contributed by atoms with van der Waals surface area (Å²) < 4.78 is 3.96. The van der Waals surface area contributed by atoms with E-state index in [9.17, 15) is 14.4 Å². The molecule has 0 saturated heterocycles. The van der Waals surface area contributed by atoms with Crippen LogP contribution >= 0.6 is 0 Å². The largest absolute Gasteiger partial charge is 0.415 e. The molecule has 0 bridgehead atoms. The van der Waals surface area contributed by atoms with Gasteiger partial charge in [0.2, 0.25) is 0 Å². The fourth-order valence-corrected chi connectivity index (χ4v) is 0.923. The van der Waals surface area contributed by atoms with Crippen molar-refractivity contribution in [1.29, 1.82) is 0 Å². The average Bonchev–Trinajstić information content (AvgIpc) is 2.22. The van der Waals surface area contributed by atoms with Crippen LogP contribution in [0.1, 0.15) is 12.8 Å². The normalized spacial score (nSPS) is 11.0. The highest BCUT2D eigenvalue weighted by atomic mass is 16.6. The predicted octanol–water partition coefficient (Wildman–Crippen LogP) is -1.51. The summed E-state index contributed by atoms with van der Waals surface area (Å²) in [4.78, 5) is 34.8. The van der Waals surface area contributed by atoms with E-state index in [4.69, 9.17) is 11.5 Å². The Hall–Kier alpha value is -2.12. The number of carbonyl (C=O) groups excluding carboxylic acids is 3. The van der Waals surface area contributed by atoms with Crippen molar-refractivity contribution in [3.05, 3.63) is 0 Å². The number of guanidine groups is 1. The smallest absolute Gasteiger partial charge is 0.379 e. The summed E-state index contributed by atoms with van der Waals surface area (Å²) in [5.74, 6) is -0.0315. The number of rotatable bonds is 7. The van der Waals surface area contributed by atoms with Gasteiger partial charge in [0.1, 0.15) is 6.29 Å². The van der Waals surface area contributed by atoms with E-state index in [2.05, 4.69) is 15.0 Å². The van der Waals surface area contributed by atoms with Gasteiger partial charge in [0.25, 0.3) is 0 Å². The molecule has 0 aromatic carbocycles. The number of nitrogens with zero attached hydrogens (tertiary/aromatic N) is 1. The molecule has 5 N–H and O–H groups in total. The lowest BCUT2D eigenvalue weighted by Gasteiger charge is -2.09. The zero-order chi connectivity index (χ0) is 12.4. The molecule has 90 valence electrons. The zero-order valence-corrected chi connectivity index (χ0v) is 8.59. The molecule has 0 heterocycles. The van der Waals surface area contributed by atoms with Gasteiger partial charge in [0.05, 0.1) is 6.04 Å². The Morgan fingerprint density at radius 1 is 1.44 bits per heavy atom. The van der Waals surface area contributed by atoms with Gasteiger partial charge in [0, 0.05) is 6.54 Å². The van der Waals surface area contributed by atoms with Crippen molar-refractivity contribution in [3.8, 4) is 0 Å². The van der Waals surface area contributed by atoms with Gasteiger partial charge in [-0.15, -0.1) is 0 Å². The molecule has 8 nitrogen and oxygen atoms in total. The summed E-state index contributed by atoms with van der Waals surface area (Å²) in [5.41, 5.74) is 10.2. The Morgan fingerprint density at radius 2 is 2.12 bits per heavy atom. The molecule has 16 heavy (non-hydrogen) atoms. The van der Waals surface area contributed by atoms with Gasteiger partial charge in [-0.25, -0.2) is 4.79 Å². The fourth-order valence-electron chi connectivity index (χ4n) is 0.923. The second-order valence-corrected chi connectivity index (χ2v) is 2.84. The van der Waals surface area contributed by atoms with Crippen molar-refractivity contribution in [2.24, 2.45) is 16.5 Å². The number of hydrogen-bond acceptors (Lipinski definition) is 5. The van der Waals surface area contributed by atoms with Gasteiger partial charge in [-0.1, -0.05) is 0 Å². The summed E-state index contributed by atoms with van der Waals surface area (Å²) in [6.45, 7) is 0.341. The van der Waals surface area contributed by atoms with E-state index >= 15 is 0 Å². The van der Waals surface area contributed by atoms with Crippen LogP contribution in [0.25, 0.3) is 0 Å². The van der Waals surface area contributed by atoms with Gasteiger partial charge in [-0.3, -0.25) is 9.79 Å². The maximum Gasteiger partial charge on any atom is 0.415 e. The van der Waals surface area contributed by atoms with Crippen LogP contribution in [-0.4, -0.2) is 37.4 Å². The van der Waals surface area contributed by atoms with Crippen molar-refractivity contribution in [1.82, 2.24) is 5.32 Å². The van der Waals surface area contributed by atoms with Crippen molar-refractivity contribution >= 4 is 24.8 Å². The molecule has 0 aliphatic heterocycles. The number of hydrogen-bond donors (Lipinski definition) is 3. The third-order valence-electron chi connectivity index (χ3n) is 1.59. The minimum Gasteiger partial charge on any atom is -0.379 e. The number of amides is 1. The second-order valence-electron chi connectivity index (χ2n) is 2.84. The number of nitrogens with two attached hydrogens (primary N) is 2. The van der Waals surface area contributed by atoms with E-state index in [1.165, 1.54) is 0 Å². The number of aliphatic imine (C=N–C) groups is 1. The van der Waals surface area contributed by atoms with Gasteiger partial charge in [-0.05, 0) is 12.8 Å². The summed E-state index contributed by atoms with van der Waals surface area (Å²) >= 11 is 0. The lowest BCUT2D eigenvalue weighted by molar-refractivity contribution is -0.123. The van der Waals surface area contributed by atoms with Crippen LogP contribution in [0.4, 0.5) is 4.79 Å². The average molecular weight is 230 g/mol. The molecule has 1 atom stereocenters.